The molecular weight excluding hydrogens is 258 g/mol. The van der Waals surface area contributed by atoms with Crippen molar-refractivity contribution in [3.8, 4) is 5.75 Å². The Labute approximate surface area is 118 Å². The quantitative estimate of drug-likeness (QED) is 0.641. The van der Waals surface area contributed by atoms with Crippen molar-refractivity contribution in [3.05, 3.63) is 36.4 Å². The van der Waals surface area contributed by atoms with Crippen LogP contribution < -0.4 is 10.1 Å². The predicted octanol–water partition coefficient (Wildman–Crippen LogP) is 2.53. The van der Waals surface area contributed by atoms with Gasteiger partial charge in [-0.25, -0.2) is 4.79 Å². The first-order valence-electron chi connectivity index (χ1n) is 6.39. The number of benzene rings is 1. The molecular formula is C15H19NO4. The first-order chi connectivity index (χ1) is 9.56. The van der Waals surface area contributed by atoms with Crippen LogP contribution in [0.15, 0.2) is 36.4 Å². The summed E-state index contributed by atoms with van der Waals surface area (Å²) in [6.45, 7) is 3.43. The van der Waals surface area contributed by atoms with E-state index >= 15 is 0 Å². The fourth-order valence-electron chi connectivity index (χ4n) is 1.40. The van der Waals surface area contributed by atoms with Gasteiger partial charge in [0.05, 0.1) is 7.11 Å². The summed E-state index contributed by atoms with van der Waals surface area (Å²) in [7, 11) is 1.57. The SMILES string of the molecule is CC/C=C/C(=O)O[C@@H](C)C(=O)Nc1ccc(OC)cc1. The highest BCUT2D eigenvalue weighted by atomic mass is 16.5. The van der Waals surface area contributed by atoms with Gasteiger partial charge in [0.25, 0.3) is 5.91 Å². The molecule has 0 aliphatic rings. The van der Waals surface area contributed by atoms with E-state index in [2.05, 4.69) is 5.32 Å². The van der Waals surface area contributed by atoms with Gasteiger partial charge in [-0.3, -0.25) is 4.79 Å². The largest absolute Gasteiger partial charge is 0.497 e. The lowest BCUT2D eigenvalue weighted by Gasteiger charge is -2.12. The topological polar surface area (TPSA) is 64.6 Å². The molecule has 5 nitrogen and oxygen atoms in total. The molecule has 0 heterocycles. The van der Waals surface area contributed by atoms with Crippen molar-refractivity contribution in [1.82, 2.24) is 0 Å². The van der Waals surface area contributed by atoms with Gasteiger partial charge in [-0.1, -0.05) is 13.0 Å². The second-order valence-electron chi connectivity index (χ2n) is 4.11. The number of hydrogen-bond donors (Lipinski definition) is 1. The predicted molar refractivity (Wildman–Crippen MR) is 76.6 cm³/mol. The van der Waals surface area contributed by atoms with Gasteiger partial charge in [-0.15, -0.1) is 0 Å². The number of carbonyl (C=O) groups is 2. The molecule has 0 fully saturated rings. The molecule has 0 saturated heterocycles. The molecule has 1 aromatic rings. The van der Waals surface area contributed by atoms with Gasteiger partial charge in [-0.2, -0.15) is 0 Å². The second kappa shape index (κ2) is 7.99. The fourth-order valence-corrected chi connectivity index (χ4v) is 1.40. The third-order valence-corrected chi connectivity index (χ3v) is 2.51. The Morgan fingerprint density at radius 3 is 2.50 bits per heavy atom. The lowest BCUT2D eigenvalue weighted by molar-refractivity contribution is -0.148. The van der Waals surface area contributed by atoms with Crippen LogP contribution >= 0.6 is 0 Å². The molecule has 20 heavy (non-hydrogen) atoms. The van der Waals surface area contributed by atoms with Crippen LogP contribution in [0.3, 0.4) is 0 Å². The Bertz CT molecular complexity index is 479. The van der Waals surface area contributed by atoms with Crippen LogP contribution in [-0.2, 0) is 14.3 Å². The Morgan fingerprint density at radius 1 is 1.30 bits per heavy atom. The highest BCUT2D eigenvalue weighted by Gasteiger charge is 2.16. The molecule has 0 spiro atoms. The summed E-state index contributed by atoms with van der Waals surface area (Å²) in [5.74, 6) is -0.204. The van der Waals surface area contributed by atoms with E-state index in [-0.39, 0.29) is 5.91 Å². The van der Waals surface area contributed by atoms with Gasteiger partial charge in [0.2, 0.25) is 0 Å². The van der Waals surface area contributed by atoms with Crippen molar-refractivity contribution in [1.29, 1.82) is 0 Å². The van der Waals surface area contributed by atoms with Gasteiger partial charge in [0.15, 0.2) is 6.10 Å². The van der Waals surface area contributed by atoms with Gasteiger partial charge in [0.1, 0.15) is 5.75 Å². The molecule has 0 radical (unpaired) electrons. The number of hydrogen-bond acceptors (Lipinski definition) is 4. The molecule has 0 aliphatic carbocycles. The summed E-state index contributed by atoms with van der Waals surface area (Å²) in [6, 6.07) is 6.89. The molecule has 1 atom stereocenters. The Hall–Kier alpha value is -2.30. The molecule has 0 aromatic heterocycles. The average molecular weight is 277 g/mol. The van der Waals surface area contributed by atoms with Crippen molar-refractivity contribution in [2.45, 2.75) is 26.4 Å². The average Bonchev–Trinajstić information content (AvgIpc) is 2.45. The number of amides is 1. The molecule has 0 unspecified atom stereocenters. The fraction of sp³-hybridized carbons (Fsp3) is 0.333. The third kappa shape index (κ3) is 5.14. The van der Waals surface area contributed by atoms with E-state index in [1.54, 1.807) is 37.5 Å². The zero-order valence-electron chi connectivity index (χ0n) is 11.9. The zero-order valence-corrected chi connectivity index (χ0v) is 11.9. The van der Waals surface area contributed by atoms with Crippen LogP contribution in [0, 0.1) is 0 Å². The van der Waals surface area contributed by atoms with Gasteiger partial charge in [0, 0.05) is 11.8 Å². The molecule has 108 valence electrons. The zero-order chi connectivity index (χ0) is 15.0. The summed E-state index contributed by atoms with van der Waals surface area (Å²) in [4.78, 5) is 23.2. The van der Waals surface area contributed by atoms with Crippen molar-refractivity contribution in [3.63, 3.8) is 0 Å². The Balaban J connectivity index is 2.52. The minimum absolute atomic E-state index is 0.381. The van der Waals surface area contributed by atoms with Gasteiger partial charge < -0.3 is 14.8 Å². The number of allylic oxidation sites excluding steroid dienone is 1. The maximum Gasteiger partial charge on any atom is 0.331 e. The molecule has 0 saturated carbocycles. The Kier molecular flexibility index (Phi) is 6.29. The first kappa shape index (κ1) is 15.8. The van der Waals surface area contributed by atoms with E-state index in [0.717, 1.165) is 6.42 Å². The summed E-state index contributed by atoms with van der Waals surface area (Å²) in [5, 5.41) is 2.66. The van der Waals surface area contributed by atoms with Crippen molar-refractivity contribution in [2.24, 2.45) is 0 Å². The summed E-state index contributed by atoms with van der Waals surface area (Å²) in [5.41, 5.74) is 0.614. The van der Waals surface area contributed by atoms with Crippen LogP contribution in [0.5, 0.6) is 5.75 Å². The number of anilines is 1. The molecule has 0 aliphatic heterocycles. The van der Waals surface area contributed by atoms with Crippen LogP contribution in [0.25, 0.3) is 0 Å². The van der Waals surface area contributed by atoms with Gasteiger partial charge in [-0.05, 0) is 37.6 Å². The maximum atomic E-state index is 11.8. The maximum absolute atomic E-state index is 11.8. The minimum atomic E-state index is -0.855. The third-order valence-electron chi connectivity index (χ3n) is 2.51. The first-order valence-corrected chi connectivity index (χ1v) is 6.39. The molecule has 5 heteroatoms. The van der Waals surface area contributed by atoms with Crippen LogP contribution in [0.1, 0.15) is 20.3 Å². The van der Waals surface area contributed by atoms with E-state index < -0.39 is 12.1 Å². The normalized spacial score (nSPS) is 11.9. The van der Waals surface area contributed by atoms with Crippen LogP contribution in [0.4, 0.5) is 5.69 Å². The smallest absolute Gasteiger partial charge is 0.331 e. The number of esters is 1. The number of rotatable bonds is 6. The summed E-state index contributed by atoms with van der Waals surface area (Å²) in [6.07, 6.45) is 2.88. The van der Waals surface area contributed by atoms with E-state index in [4.69, 9.17) is 9.47 Å². The highest BCUT2D eigenvalue weighted by molar-refractivity contribution is 5.95. The van der Waals surface area contributed by atoms with Crippen molar-refractivity contribution >= 4 is 17.6 Å². The summed E-state index contributed by atoms with van der Waals surface area (Å²) >= 11 is 0. The monoisotopic (exact) mass is 277 g/mol. The molecule has 1 rings (SSSR count). The lowest BCUT2D eigenvalue weighted by Crippen LogP contribution is -2.29. The molecule has 0 bridgehead atoms. The standard InChI is InChI=1S/C15H19NO4/c1-4-5-6-14(17)20-11(2)15(18)16-12-7-9-13(19-3)10-8-12/h5-11H,4H2,1-3H3,(H,16,18)/b6-5+/t11-/m0/s1. The highest BCUT2D eigenvalue weighted by Crippen LogP contribution is 2.15. The van der Waals surface area contributed by atoms with Crippen LogP contribution in [-0.4, -0.2) is 25.1 Å². The van der Waals surface area contributed by atoms with Crippen LogP contribution in [0.2, 0.25) is 0 Å². The number of carbonyl (C=O) groups excluding carboxylic acids is 2. The molecule has 1 aromatic carbocycles. The minimum Gasteiger partial charge on any atom is -0.497 e. The van der Waals surface area contributed by atoms with E-state index in [1.807, 2.05) is 6.92 Å². The van der Waals surface area contributed by atoms with E-state index in [0.29, 0.717) is 11.4 Å². The molecule has 1 amide bonds. The van der Waals surface area contributed by atoms with E-state index in [9.17, 15) is 9.59 Å². The molecule has 1 N–H and O–H groups in total. The van der Waals surface area contributed by atoms with Gasteiger partial charge >= 0.3 is 5.97 Å². The lowest BCUT2D eigenvalue weighted by atomic mass is 10.3. The number of nitrogens with one attached hydrogen (secondary N) is 1. The number of ether oxygens (including phenoxy) is 2. The van der Waals surface area contributed by atoms with Crippen molar-refractivity contribution in [2.75, 3.05) is 12.4 Å². The van der Waals surface area contributed by atoms with Crippen molar-refractivity contribution < 1.29 is 19.1 Å². The number of methoxy groups -OCH3 is 1. The summed E-state index contributed by atoms with van der Waals surface area (Å²) < 4.78 is 9.99. The second-order valence-corrected chi connectivity index (χ2v) is 4.11. The Morgan fingerprint density at radius 2 is 1.95 bits per heavy atom. The van der Waals surface area contributed by atoms with E-state index in [1.165, 1.54) is 13.0 Å².